The Balaban J connectivity index is 2.73. The fraction of sp³-hybridized carbons (Fsp3) is 0.786. The first-order chi connectivity index (χ1) is 8.04. The molecular formula is C14H26N2S. The van der Waals surface area contributed by atoms with E-state index in [0.29, 0.717) is 11.8 Å². The highest BCUT2D eigenvalue weighted by molar-refractivity contribution is 7.11. The van der Waals surface area contributed by atoms with Crippen molar-refractivity contribution < 1.29 is 0 Å². The molecule has 1 rings (SSSR count). The second-order valence-corrected chi connectivity index (χ2v) is 6.46. The number of aromatic nitrogens is 1. The zero-order chi connectivity index (χ0) is 12.8. The quantitative estimate of drug-likeness (QED) is 0.745. The molecule has 0 aromatic carbocycles. The zero-order valence-corrected chi connectivity index (χ0v) is 12.7. The molecule has 0 saturated heterocycles. The lowest BCUT2D eigenvalue weighted by Gasteiger charge is -2.06. The van der Waals surface area contributed by atoms with Gasteiger partial charge in [-0.2, -0.15) is 0 Å². The summed E-state index contributed by atoms with van der Waals surface area (Å²) in [5.41, 5.74) is 1.33. The second kappa shape index (κ2) is 7.12. The van der Waals surface area contributed by atoms with Crippen molar-refractivity contribution in [3.05, 3.63) is 15.6 Å². The van der Waals surface area contributed by atoms with Crippen LogP contribution in [0.25, 0.3) is 0 Å². The average molecular weight is 254 g/mol. The molecule has 3 heteroatoms. The number of hydrogen-bond donors (Lipinski definition) is 1. The predicted molar refractivity (Wildman–Crippen MR) is 76.7 cm³/mol. The third-order valence-corrected chi connectivity index (χ3v) is 4.00. The van der Waals surface area contributed by atoms with Crippen LogP contribution in [0.2, 0.25) is 0 Å². The molecule has 98 valence electrons. The van der Waals surface area contributed by atoms with Crippen molar-refractivity contribution in [2.75, 3.05) is 6.54 Å². The maximum absolute atomic E-state index is 4.80. The molecule has 0 aliphatic carbocycles. The Hall–Kier alpha value is -0.410. The van der Waals surface area contributed by atoms with E-state index in [2.05, 4.69) is 39.9 Å². The van der Waals surface area contributed by atoms with Crippen LogP contribution in [0.15, 0.2) is 0 Å². The summed E-state index contributed by atoms with van der Waals surface area (Å²) >= 11 is 1.89. The van der Waals surface area contributed by atoms with E-state index in [9.17, 15) is 0 Å². The van der Waals surface area contributed by atoms with Gasteiger partial charge in [-0.05, 0) is 31.2 Å². The SMILES string of the molecule is CCCNCc1nc(CC(C)C)c(C(C)C)s1. The number of nitrogens with zero attached hydrogens (tertiary/aromatic N) is 1. The third-order valence-electron chi connectivity index (χ3n) is 2.60. The predicted octanol–water partition coefficient (Wildman–Crippen LogP) is 3.96. The third kappa shape index (κ3) is 4.76. The van der Waals surface area contributed by atoms with E-state index in [1.165, 1.54) is 22.0 Å². The molecule has 0 spiro atoms. The van der Waals surface area contributed by atoms with Gasteiger partial charge in [-0.1, -0.05) is 34.6 Å². The average Bonchev–Trinajstić information content (AvgIpc) is 2.60. The number of nitrogens with one attached hydrogen (secondary N) is 1. The van der Waals surface area contributed by atoms with E-state index in [0.717, 1.165) is 19.5 Å². The fourth-order valence-electron chi connectivity index (χ4n) is 1.85. The first kappa shape index (κ1) is 14.7. The molecule has 1 N–H and O–H groups in total. The van der Waals surface area contributed by atoms with Gasteiger partial charge in [0.2, 0.25) is 0 Å². The van der Waals surface area contributed by atoms with Crippen molar-refractivity contribution in [2.24, 2.45) is 5.92 Å². The normalized spacial score (nSPS) is 11.7. The molecule has 0 amide bonds. The Morgan fingerprint density at radius 2 is 1.94 bits per heavy atom. The lowest BCUT2D eigenvalue weighted by atomic mass is 10.0. The zero-order valence-electron chi connectivity index (χ0n) is 11.8. The summed E-state index contributed by atoms with van der Waals surface area (Å²) < 4.78 is 0. The summed E-state index contributed by atoms with van der Waals surface area (Å²) in [5, 5.41) is 4.68. The maximum atomic E-state index is 4.80. The van der Waals surface area contributed by atoms with E-state index in [-0.39, 0.29) is 0 Å². The molecule has 1 heterocycles. The minimum Gasteiger partial charge on any atom is -0.310 e. The largest absolute Gasteiger partial charge is 0.310 e. The van der Waals surface area contributed by atoms with Crippen LogP contribution in [0, 0.1) is 5.92 Å². The molecule has 1 aromatic heterocycles. The highest BCUT2D eigenvalue weighted by atomic mass is 32.1. The first-order valence-corrected chi connectivity index (χ1v) is 7.55. The highest BCUT2D eigenvalue weighted by Gasteiger charge is 2.14. The number of rotatable bonds is 7. The molecule has 0 aliphatic heterocycles. The van der Waals surface area contributed by atoms with E-state index in [1.54, 1.807) is 0 Å². The Labute approximate surface area is 110 Å². The Morgan fingerprint density at radius 3 is 2.47 bits per heavy atom. The van der Waals surface area contributed by atoms with Crippen LogP contribution in [-0.4, -0.2) is 11.5 Å². The summed E-state index contributed by atoms with van der Waals surface area (Å²) in [7, 11) is 0. The molecule has 0 radical (unpaired) electrons. The summed E-state index contributed by atoms with van der Waals surface area (Å²) in [4.78, 5) is 6.28. The van der Waals surface area contributed by atoms with E-state index >= 15 is 0 Å². The summed E-state index contributed by atoms with van der Waals surface area (Å²) in [6.45, 7) is 13.3. The van der Waals surface area contributed by atoms with E-state index < -0.39 is 0 Å². The number of hydrogen-bond acceptors (Lipinski definition) is 3. The highest BCUT2D eigenvalue weighted by Crippen LogP contribution is 2.28. The molecule has 0 unspecified atom stereocenters. The van der Waals surface area contributed by atoms with Crippen LogP contribution in [0.5, 0.6) is 0 Å². The molecule has 1 aromatic rings. The van der Waals surface area contributed by atoms with Gasteiger partial charge in [-0.15, -0.1) is 11.3 Å². The monoisotopic (exact) mass is 254 g/mol. The summed E-state index contributed by atoms with van der Waals surface area (Å²) in [5.74, 6) is 1.28. The van der Waals surface area contributed by atoms with Crippen molar-refractivity contribution in [1.82, 2.24) is 10.3 Å². The van der Waals surface area contributed by atoms with Crippen LogP contribution in [0.3, 0.4) is 0 Å². The number of thiazole rings is 1. The molecule has 0 aliphatic rings. The minimum absolute atomic E-state index is 0.598. The second-order valence-electron chi connectivity index (χ2n) is 5.35. The topological polar surface area (TPSA) is 24.9 Å². The molecule has 0 fully saturated rings. The van der Waals surface area contributed by atoms with Crippen LogP contribution in [-0.2, 0) is 13.0 Å². The van der Waals surface area contributed by atoms with Gasteiger partial charge in [0.15, 0.2) is 0 Å². The molecule has 0 atom stereocenters. The molecule has 0 bridgehead atoms. The maximum Gasteiger partial charge on any atom is 0.107 e. The molecule has 0 saturated carbocycles. The lowest BCUT2D eigenvalue weighted by Crippen LogP contribution is -2.13. The Kier molecular flexibility index (Phi) is 6.14. The van der Waals surface area contributed by atoms with Gasteiger partial charge in [0.1, 0.15) is 5.01 Å². The fourth-order valence-corrected chi connectivity index (χ4v) is 2.91. The first-order valence-electron chi connectivity index (χ1n) is 6.73. The molecule has 2 nitrogen and oxygen atoms in total. The summed E-state index contributed by atoms with van der Waals surface area (Å²) in [6.07, 6.45) is 2.29. The van der Waals surface area contributed by atoms with Gasteiger partial charge in [0.05, 0.1) is 5.69 Å². The van der Waals surface area contributed by atoms with Crippen LogP contribution < -0.4 is 5.32 Å². The van der Waals surface area contributed by atoms with Crippen molar-refractivity contribution >= 4 is 11.3 Å². The minimum atomic E-state index is 0.598. The van der Waals surface area contributed by atoms with Gasteiger partial charge in [0, 0.05) is 11.4 Å². The smallest absolute Gasteiger partial charge is 0.107 e. The lowest BCUT2D eigenvalue weighted by molar-refractivity contribution is 0.624. The van der Waals surface area contributed by atoms with Gasteiger partial charge < -0.3 is 5.32 Å². The molecule has 17 heavy (non-hydrogen) atoms. The standard InChI is InChI=1S/C14H26N2S/c1-6-7-15-9-13-16-12(8-10(2)3)14(17-13)11(4)5/h10-11,15H,6-9H2,1-5H3. The van der Waals surface area contributed by atoms with Gasteiger partial charge in [-0.3, -0.25) is 0 Å². The van der Waals surface area contributed by atoms with Crippen LogP contribution in [0.1, 0.15) is 62.5 Å². The van der Waals surface area contributed by atoms with Crippen molar-refractivity contribution in [3.8, 4) is 0 Å². The molecular weight excluding hydrogens is 228 g/mol. The van der Waals surface area contributed by atoms with Crippen molar-refractivity contribution in [2.45, 2.75) is 59.9 Å². The van der Waals surface area contributed by atoms with Crippen LogP contribution >= 0.6 is 11.3 Å². The van der Waals surface area contributed by atoms with Gasteiger partial charge >= 0.3 is 0 Å². The van der Waals surface area contributed by atoms with E-state index in [1.807, 2.05) is 11.3 Å². The Morgan fingerprint density at radius 1 is 1.24 bits per heavy atom. The van der Waals surface area contributed by atoms with Crippen molar-refractivity contribution in [3.63, 3.8) is 0 Å². The van der Waals surface area contributed by atoms with Gasteiger partial charge in [-0.25, -0.2) is 4.98 Å². The summed E-state index contributed by atoms with van der Waals surface area (Å²) in [6, 6.07) is 0. The Bertz CT molecular complexity index is 329. The van der Waals surface area contributed by atoms with Crippen LogP contribution in [0.4, 0.5) is 0 Å². The van der Waals surface area contributed by atoms with Crippen molar-refractivity contribution in [1.29, 1.82) is 0 Å². The van der Waals surface area contributed by atoms with Gasteiger partial charge in [0.25, 0.3) is 0 Å². The van der Waals surface area contributed by atoms with E-state index in [4.69, 9.17) is 4.98 Å².